The lowest BCUT2D eigenvalue weighted by molar-refractivity contribution is 0.662. The van der Waals surface area contributed by atoms with Crippen molar-refractivity contribution in [3.8, 4) is 11.1 Å². The highest BCUT2D eigenvalue weighted by molar-refractivity contribution is 6.22. The van der Waals surface area contributed by atoms with E-state index in [-0.39, 0.29) is 0 Å². The first kappa shape index (κ1) is 26.7. The molecule has 10 rings (SSSR count). The quantitative estimate of drug-likeness (QED) is 0.214. The van der Waals surface area contributed by atoms with E-state index in [4.69, 9.17) is 18.8 Å². The van der Waals surface area contributed by atoms with E-state index in [0.29, 0.717) is 5.84 Å². The van der Waals surface area contributed by atoms with Crippen molar-refractivity contribution in [3.05, 3.63) is 168 Å². The molecule has 1 aliphatic heterocycles. The fourth-order valence-electron chi connectivity index (χ4n) is 7.08. The van der Waals surface area contributed by atoms with Crippen LogP contribution >= 0.6 is 0 Å². The third kappa shape index (κ3) is 4.25. The van der Waals surface area contributed by atoms with Gasteiger partial charge in [0.15, 0.2) is 5.84 Å². The van der Waals surface area contributed by atoms with Crippen LogP contribution in [-0.2, 0) is 0 Å². The first-order chi connectivity index (χ1) is 23.8. The number of hydrogen-bond donors (Lipinski definition) is 1. The summed E-state index contributed by atoms with van der Waals surface area (Å²) in [6.45, 7) is 0. The van der Waals surface area contributed by atoms with Crippen molar-refractivity contribution >= 4 is 66.3 Å². The van der Waals surface area contributed by atoms with Crippen LogP contribution in [0.15, 0.2) is 170 Å². The Bertz CT molecular complexity index is 2770. The van der Waals surface area contributed by atoms with Crippen LogP contribution in [0.1, 0.15) is 22.9 Å². The highest BCUT2D eigenvalue weighted by Gasteiger charge is 2.27. The Kier molecular flexibility index (Phi) is 5.87. The van der Waals surface area contributed by atoms with Gasteiger partial charge in [-0.1, -0.05) is 115 Å². The molecular formula is C43H27N3O2. The van der Waals surface area contributed by atoms with Crippen LogP contribution in [0, 0.1) is 0 Å². The van der Waals surface area contributed by atoms with E-state index in [9.17, 15) is 0 Å². The van der Waals surface area contributed by atoms with Gasteiger partial charge in [0.2, 0.25) is 0 Å². The minimum absolute atomic E-state index is 0.459. The summed E-state index contributed by atoms with van der Waals surface area (Å²) in [5, 5.41) is 10.3. The second-order valence-corrected chi connectivity index (χ2v) is 12.2. The molecule has 0 bridgehead atoms. The molecule has 1 atom stereocenters. The number of nitrogens with one attached hydrogen (secondary N) is 1. The minimum Gasteiger partial charge on any atom is -0.456 e. The van der Waals surface area contributed by atoms with Gasteiger partial charge in [0.25, 0.3) is 0 Å². The maximum atomic E-state index is 6.49. The van der Waals surface area contributed by atoms with Gasteiger partial charge in [-0.25, -0.2) is 9.98 Å². The largest absolute Gasteiger partial charge is 0.456 e. The third-order valence-corrected chi connectivity index (χ3v) is 9.32. The van der Waals surface area contributed by atoms with Crippen molar-refractivity contribution in [2.24, 2.45) is 9.98 Å². The molecule has 1 N–H and O–H groups in total. The average Bonchev–Trinajstić information content (AvgIpc) is 3.73. The lowest BCUT2D eigenvalue weighted by Crippen LogP contribution is -2.33. The Morgan fingerprint density at radius 3 is 2.00 bits per heavy atom. The monoisotopic (exact) mass is 617 g/mol. The van der Waals surface area contributed by atoms with E-state index < -0.39 is 6.17 Å². The Hall–Kier alpha value is -6.46. The summed E-state index contributed by atoms with van der Waals surface area (Å²) in [5.41, 5.74) is 8.44. The molecule has 0 fully saturated rings. The molecule has 0 aliphatic carbocycles. The van der Waals surface area contributed by atoms with Crippen molar-refractivity contribution < 1.29 is 8.83 Å². The molecule has 0 radical (unpaired) electrons. The fourth-order valence-corrected chi connectivity index (χ4v) is 7.08. The number of nitrogens with zero attached hydrogens (tertiary/aromatic N) is 2. The summed E-state index contributed by atoms with van der Waals surface area (Å²) < 4.78 is 12.8. The number of furan rings is 2. The van der Waals surface area contributed by atoms with E-state index in [1.54, 1.807) is 0 Å². The predicted molar refractivity (Wildman–Crippen MR) is 196 cm³/mol. The SMILES string of the molecule is c1ccc(-c2cc(C3N=C(c4ccc5ccccc5c4)N=C(c4cccc5oc6ccccc6c45)N3)c3c(c2)oc2ccccc23)cc1. The zero-order valence-corrected chi connectivity index (χ0v) is 25.7. The van der Waals surface area contributed by atoms with Gasteiger partial charge in [-0.15, -0.1) is 0 Å². The third-order valence-electron chi connectivity index (χ3n) is 9.32. The topological polar surface area (TPSA) is 63.0 Å². The van der Waals surface area contributed by atoms with Gasteiger partial charge in [-0.2, -0.15) is 0 Å². The Morgan fingerprint density at radius 1 is 0.479 bits per heavy atom. The molecule has 1 aliphatic rings. The normalized spacial score (nSPS) is 14.9. The number of hydrogen-bond acceptors (Lipinski definition) is 5. The highest BCUT2D eigenvalue weighted by atomic mass is 16.3. The van der Waals surface area contributed by atoms with Gasteiger partial charge in [-0.3, -0.25) is 0 Å². The maximum Gasteiger partial charge on any atom is 0.159 e. The van der Waals surface area contributed by atoms with Crippen molar-refractivity contribution in [1.82, 2.24) is 5.32 Å². The summed E-state index contributed by atoms with van der Waals surface area (Å²) in [4.78, 5) is 10.6. The zero-order valence-electron chi connectivity index (χ0n) is 25.7. The molecule has 3 heterocycles. The van der Waals surface area contributed by atoms with Gasteiger partial charge >= 0.3 is 0 Å². The van der Waals surface area contributed by atoms with Gasteiger partial charge < -0.3 is 14.2 Å². The van der Waals surface area contributed by atoms with Crippen LogP contribution in [0.2, 0.25) is 0 Å². The van der Waals surface area contributed by atoms with Gasteiger partial charge in [0.1, 0.15) is 34.3 Å². The Morgan fingerprint density at radius 2 is 1.17 bits per heavy atom. The molecule has 5 nitrogen and oxygen atoms in total. The van der Waals surface area contributed by atoms with Gasteiger partial charge in [0, 0.05) is 38.2 Å². The number of fused-ring (bicyclic) bond motifs is 7. The second kappa shape index (κ2) is 10.5. The summed E-state index contributed by atoms with van der Waals surface area (Å²) in [6, 6.07) is 52.1. The number of rotatable bonds is 4. The molecular weight excluding hydrogens is 590 g/mol. The lowest BCUT2D eigenvalue weighted by atomic mass is 9.96. The number of aliphatic imine (C=N–C) groups is 2. The summed E-state index contributed by atoms with van der Waals surface area (Å²) in [7, 11) is 0. The number of amidine groups is 2. The summed E-state index contributed by atoms with van der Waals surface area (Å²) in [5.74, 6) is 1.40. The molecule has 7 aromatic carbocycles. The first-order valence-corrected chi connectivity index (χ1v) is 16.1. The van der Waals surface area contributed by atoms with Crippen LogP contribution in [-0.4, -0.2) is 11.7 Å². The molecule has 0 spiro atoms. The van der Waals surface area contributed by atoms with Gasteiger partial charge in [0.05, 0.1) is 0 Å². The molecule has 5 heteroatoms. The van der Waals surface area contributed by atoms with E-state index in [1.807, 2.05) is 48.5 Å². The lowest BCUT2D eigenvalue weighted by Gasteiger charge is -2.25. The van der Waals surface area contributed by atoms with E-state index in [1.165, 1.54) is 5.39 Å². The standard InChI is InChI=1S/C43H27N3O2/c1-2-11-26(12-3-1)30-24-34(40-32-16-7-9-19-36(32)48-38(40)25-30)43-45-41(29-22-21-27-13-4-5-14-28(27)23-29)44-42(46-43)33-17-10-20-37-39(33)31-15-6-8-18-35(31)47-37/h1-25,43H,(H,44,45,46). The molecule has 1 unspecified atom stereocenters. The van der Waals surface area contributed by atoms with Crippen LogP contribution in [0.5, 0.6) is 0 Å². The van der Waals surface area contributed by atoms with Crippen molar-refractivity contribution in [3.63, 3.8) is 0 Å². The molecule has 0 saturated heterocycles. The summed E-state index contributed by atoms with van der Waals surface area (Å²) in [6.07, 6.45) is -0.459. The second-order valence-electron chi connectivity index (χ2n) is 12.2. The Balaban J connectivity index is 1.24. The van der Waals surface area contributed by atoms with Gasteiger partial charge in [-0.05, 0) is 58.3 Å². The first-order valence-electron chi connectivity index (χ1n) is 16.1. The van der Waals surface area contributed by atoms with Crippen molar-refractivity contribution in [2.75, 3.05) is 0 Å². The van der Waals surface area contributed by atoms with Crippen LogP contribution in [0.25, 0.3) is 65.8 Å². The average molecular weight is 618 g/mol. The van der Waals surface area contributed by atoms with Crippen LogP contribution < -0.4 is 5.32 Å². The Labute approximate surface area is 275 Å². The molecule has 0 saturated carbocycles. The number of para-hydroxylation sites is 2. The summed E-state index contributed by atoms with van der Waals surface area (Å²) >= 11 is 0. The molecule has 0 amide bonds. The molecule has 2 aromatic heterocycles. The highest BCUT2D eigenvalue weighted by Crippen LogP contribution is 2.40. The van der Waals surface area contributed by atoms with Crippen molar-refractivity contribution in [2.45, 2.75) is 6.17 Å². The predicted octanol–water partition coefficient (Wildman–Crippen LogP) is 10.8. The van der Waals surface area contributed by atoms with E-state index >= 15 is 0 Å². The molecule has 9 aromatic rings. The fraction of sp³-hybridized carbons (Fsp3) is 0.0233. The molecule has 48 heavy (non-hydrogen) atoms. The zero-order chi connectivity index (χ0) is 31.6. The maximum absolute atomic E-state index is 6.49. The molecule has 226 valence electrons. The van der Waals surface area contributed by atoms with Crippen LogP contribution in [0.3, 0.4) is 0 Å². The minimum atomic E-state index is -0.459. The number of benzene rings is 7. The van der Waals surface area contributed by atoms with Crippen LogP contribution in [0.4, 0.5) is 0 Å². The van der Waals surface area contributed by atoms with Crippen molar-refractivity contribution in [1.29, 1.82) is 0 Å². The smallest absolute Gasteiger partial charge is 0.159 e. The van der Waals surface area contributed by atoms with E-state index in [0.717, 1.165) is 82.9 Å². The van der Waals surface area contributed by atoms with E-state index in [2.05, 4.69) is 108 Å².